The molecule has 0 fully saturated rings. The fourth-order valence-corrected chi connectivity index (χ4v) is 2.20. The van der Waals surface area contributed by atoms with Gasteiger partial charge < -0.3 is 5.73 Å². The van der Waals surface area contributed by atoms with Gasteiger partial charge in [-0.2, -0.15) is 0 Å². The summed E-state index contributed by atoms with van der Waals surface area (Å²) in [6.45, 7) is 8.25. The quantitative estimate of drug-likeness (QED) is 0.857. The summed E-state index contributed by atoms with van der Waals surface area (Å²) < 4.78 is 0. The second-order valence-corrected chi connectivity index (χ2v) is 5.61. The molecular weight excluding hydrogens is 208 g/mol. The molecule has 17 heavy (non-hydrogen) atoms. The minimum atomic E-state index is -0.202. The van der Waals surface area contributed by atoms with Gasteiger partial charge in [-0.25, -0.2) is 0 Å². The maximum atomic E-state index is 6.12. The van der Waals surface area contributed by atoms with Gasteiger partial charge in [-0.1, -0.05) is 17.7 Å². The molecule has 1 heterocycles. The molecule has 0 saturated heterocycles. The largest absolute Gasteiger partial charge is 0.325 e. The SMILES string of the molecule is Cc1cc(CC(C)(C)N)c2nc(C)ccc2c1. The molecule has 90 valence electrons. The van der Waals surface area contributed by atoms with Crippen LogP contribution < -0.4 is 5.73 Å². The van der Waals surface area contributed by atoms with Crippen LogP contribution in [0.25, 0.3) is 10.9 Å². The van der Waals surface area contributed by atoms with Gasteiger partial charge in [0.25, 0.3) is 0 Å². The lowest BCUT2D eigenvalue weighted by Gasteiger charge is -2.19. The van der Waals surface area contributed by atoms with Gasteiger partial charge in [-0.3, -0.25) is 4.98 Å². The highest BCUT2D eigenvalue weighted by atomic mass is 14.7. The van der Waals surface area contributed by atoms with E-state index in [1.807, 2.05) is 6.92 Å². The number of pyridine rings is 1. The fourth-order valence-electron chi connectivity index (χ4n) is 2.20. The van der Waals surface area contributed by atoms with E-state index in [1.54, 1.807) is 0 Å². The minimum Gasteiger partial charge on any atom is -0.325 e. The van der Waals surface area contributed by atoms with Crippen LogP contribution in [0.1, 0.15) is 30.7 Å². The van der Waals surface area contributed by atoms with Crippen LogP contribution in [0.3, 0.4) is 0 Å². The van der Waals surface area contributed by atoms with Gasteiger partial charge in [0.1, 0.15) is 0 Å². The van der Waals surface area contributed by atoms with E-state index in [1.165, 1.54) is 16.5 Å². The summed E-state index contributed by atoms with van der Waals surface area (Å²) in [6, 6.07) is 8.56. The standard InChI is InChI=1S/C15H20N2/c1-10-7-12-6-5-11(2)17-14(12)13(8-10)9-15(3,4)16/h5-8H,9,16H2,1-4H3. The first-order valence-corrected chi connectivity index (χ1v) is 6.01. The number of nitrogens with zero attached hydrogens (tertiary/aromatic N) is 1. The van der Waals surface area contributed by atoms with Crippen molar-refractivity contribution in [1.82, 2.24) is 4.98 Å². The van der Waals surface area contributed by atoms with E-state index in [-0.39, 0.29) is 5.54 Å². The van der Waals surface area contributed by atoms with Crippen molar-refractivity contribution >= 4 is 10.9 Å². The Morgan fingerprint density at radius 1 is 1.18 bits per heavy atom. The molecule has 0 aliphatic carbocycles. The zero-order valence-corrected chi connectivity index (χ0v) is 11.0. The number of rotatable bonds is 2. The first-order chi connectivity index (χ1) is 7.85. The molecule has 0 unspecified atom stereocenters. The molecule has 0 saturated carbocycles. The molecule has 0 spiro atoms. The normalized spacial score (nSPS) is 12.1. The van der Waals surface area contributed by atoms with Crippen molar-refractivity contribution in [3.8, 4) is 0 Å². The average molecular weight is 228 g/mol. The summed E-state index contributed by atoms with van der Waals surface area (Å²) in [5.41, 5.74) is 10.6. The lowest BCUT2D eigenvalue weighted by Crippen LogP contribution is -2.34. The van der Waals surface area contributed by atoms with Gasteiger partial charge in [-0.05, 0) is 51.8 Å². The van der Waals surface area contributed by atoms with E-state index < -0.39 is 0 Å². The molecule has 2 rings (SSSR count). The van der Waals surface area contributed by atoms with Crippen LogP contribution in [-0.4, -0.2) is 10.5 Å². The second-order valence-electron chi connectivity index (χ2n) is 5.61. The molecule has 1 aromatic heterocycles. The van der Waals surface area contributed by atoms with Crippen molar-refractivity contribution < 1.29 is 0 Å². The van der Waals surface area contributed by atoms with E-state index in [0.717, 1.165) is 17.6 Å². The third-order valence-electron chi connectivity index (χ3n) is 2.80. The zero-order chi connectivity index (χ0) is 12.6. The number of nitrogens with two attached hydrogens (primary N) is 1. The van der Waals surface area contributed by atoms with Crippen molar-refractivity contribution in [3.05, 3.63) is 41.1 Å². The van der Waals surface area contributed by atoms with Gasteiger partial charge in [-0.15, -0.1) is 0 Å². The van der Waals surface area contributed by atoms with Gasteiger partial charge >= 0.3 is 0 Å². The van der Waals surface area contributed by atoms with Crippen LogP contribution in [-0.2, 0) is 6.42 Å². The van der Waals surface area contributed by atoms with E-state index in [2.05, 4.69) is 50.0 Å². The predicted molar refractivity (Wildman–Crippen MR) is 73.2 cm³/mol. The number of benzene rings is 1. The van der Waals surface area contributed by atoms with Gasteiger partial charge in [0, 0.05) is 16.6 Å². The lowest BCUT2D eigenvalue weighted by molar-refractivity contribution is 0.518. The van der Waals surface area contributed by atoms with E-state index in [4.69, 9.17) is 5.73 Å². The molecule has 0 bridgehead atoms. The Hall–Kier alpha value is -1.41. The third kappa shape index (κ3) is 2.83. The number of aromatic nitrogens is 1. The highest BCUT2D eigenvalue weighted by Gasteiger charge is 2.14. The summed E-state index contributed by atoms with van der Waals surface area (Å²) in [4.78, 5) is 4.65. The Kier molecular flexibility index (Phi) is 2.92. The summed E-state index contributed by atoms with van der Waals surface area (Å²) in [5, 5.41) is 1.20. The molecule has 0 aliphatic rings. The molecule has 2 aromatic rings. The van der Waals surface area contributed by atoms with Crippen LogP contribution in [0.2, 0.25) is 0 Å². The van der Waals surface area contributed by atoms with Gasteiger partial charge in [0.2, 0.25) is 0 Å². The van der Waals surface area contributed by atoms with Gasteiger partial charge in [0.15, 0.2) is 0 Å². The Labute approximate surface area is 103 Å². The summed E-state index contributed by atoms with van der Waals surface area (Å²) in [6.07, 6.45) is 0.849. The van der Waals surface area contributed by atoms with Crippen molar-refractivity contribution in [2.45, 2.75) is 39.7 Å². The molecule has 2 heteroatoms. The number of fused-ring (bicyclic) bond motifs is 1. The lowest BCUT2D eigenvalue weighted by atomic mass is 9.93. The zero-order valence-electron chi connectivity index (χ0n) is 11.0. The fraction of sp³-hybridized carbons (Fsp3) is 0.400. The van der Waals surface area contributed by atoms with Crippen molar-refractivity contribution in [2.75, 3.05) is 0 Å². The topological polar surface area (TPSA) is 38.9 Å². The highest BCUT2D eigenvalue weighted by molar-refractivity contribution is 5.83. The van der Waals surface area contributed by atoms with E-state index >= 15 is 0 Å². The second kappa shape index (κ2) is 4.11. The van der Waals surface area contributed by atoms with Crippen LogP contribution in [0.5, 0.6) is 0 Å². The first-order valence-electron chi connectivity index (χ1n) is 6.01. The maximum absolute atomic E-state index is 6.12. The number of hydrogen-bond acceptors (Lipinski definition) is 2. The number of aryl methyl sites for hydroxylation is 2. The molecule has 0 atom stereocenters. The van der Waals surface area contributed by atoms with Crippen LogP contribution in [0.15, 0.2) is 24.3 Å². The Balaban J connectivity index is 2.63. The van der Waals surface area contributed by atoms with Crippen LogP contribution in [0.4, 0.5) is 0 Å². The average Bonchev–Trinajstić information content (AvgIpc) is 2.16. The smallest absolute Gasteiger partial charge is 0.0737 e. The van der Waals surface area contributed by atoms with E-state index in [9.17, 15) is 0 Å². The monoisotopic (exact) mass is 228 g/mol. The molecule has 0 aliphatic heterocycles. The predicted octanol–water partition coefficient (Wildman–Crippen LogP) is 3.13. The number of hydrogen-bond donors (Lipinski definition) is 1. The van der Waals surface area contributed by atoms with Crippen LogP contribution in [0, 0.1) is 13.8 Å². The summed E-state index contributed by atoms with van der Waals surface area (Å²) in [7, 11) is 0. The molecule has 0 amide bonds. The maximum Gasteiger partial charge on any atom is 0.0737 e. The van der Waals surface area contributed by atoms with Gasteiger partial charge in [0.05, 0.1) is 5.52 Å². The van der Waals surface area contributed by atoms with E-state index in [0.29, 0.717) is 0 Å². The molecule has 2 N–H and O–H groups in total. The highest BCUT2D eigenvalue weighted by Crippen LogP contribution is 2.22. The van der Waals surface area contributed by atoms with Crippen LogP contribution >= 0.6 is 0 Å². The molecule has 1 aromatic carbocycles. The Bertz CT molecular complexity index is 551. The molecular formula is C15H20N2. The Morgan fingerprint density at radius 2 is 1.88 bits per heavy atom. The molecule has 2 nitrogen and oxygen atoms in total. The van der Waals surface area contributed by atoms with Crippen molar-refractivity contribution in [1.29, 1.82) is 0 Å². The summed E-state index contributed by atoms with van der Waals surface area (Å²) >= 11 is 0. The Morgan fingerprint density at radius 3 is 2.53 bits per heavy atom. The van der Waals surface area contributed by atoms with Crippen molar-refractivity contribution in [2.24, 2.45) is 5.73 Å². The molecule has 0 radical (unpaired) electrons. The first kappa shape index (κ1) is 12.1. The summed E-state index contributed by atoms with van der Waals surface area (Å²) in [5.74, 6) is 0. The van der Waals surface area contributed by atoms with Crippen molar-refractivity contribution in [3.63, 3.8) is 0 Å². The minimum absolute atomic E-state index is 0.202. The third-order valence-corrected chi connectivity index (χ3v) is 2.80.